The number of pyridine rings is 1. The fourth-order valence-electron chi connectivity index (χ4n) is 2.43. The summed E-state index contributed by atoms with van der Waals surface area (Å²) in [5.41, 5.74) is -3.23. The third-order valence-corrected chi connectivity index (χ3v) is 4.28. The second-order valence-corrected chi connectivity index (χ2v) is 6.49. The Morgan fingerprint density at radius 3 is 2.96 bits per heavy atom. The van der Waals surface area contributed by atoms with E-state index in [-0.39, 0.29) is 11.3 Å². The van der Waals surface area contributed by atoms with Crippen molar-refractivity contribution in [1.82, 2.24) is 9.88 Å². The molecule has 0 spiro atoms. The average Bonchev–Trinajstić information content (AvgIpc) is 2.71. The van der Waals surface area contributed by atoms with E-state index >= 15 is 4.39 Å². The van der Waals surface area contributed by atoms with Gasteiger partial charge in [-0.3, -0.25) is 9.78 Å². The SMILES string of the molecule is [2H]C([2H])(CC([2H])([2H])C1(F)CC([2H])([2H])N(C(=O)c2ccc(F)c(Cl)c2)CC1([2H])[2H])c1ccc(C)cn1. The summed E-state index contributed by atoms with van der Waals surface area (Å²) in [5.74, 6) is -1.91. The molecule has 144 valence electrons. The lowest BCUT2D eigenvalue weighted by molar-refractivity contribution is 0.0389. The Balaban J connectivity index is 1.94. The van der Waals surface area contributed by atoms with Crippen LogP contribution in [0.15, 0.2) is 36.5 Å². The number of hydrogen-bond acceptors (Lipinski definition) is 2. The van der Waals surface area contributed by atoms with E-state index in [0.29, 0.717) is 4.90 Å². The molecule has 0 bridgehead atoms. The Kier molecular flexibility index (Phi) is 3.63. The molecule has 0 saturated carbocycles. The van der Waals surface area contributed by atoms with Gasteiger partial charge in [0.05, 0.1) is 5.02 Å². The number of rotatable bonds is 5. The molecular weight excluding hydrogens is 370 g/mol. The number of benzene rings is 1. The van der Waals surface area contributed by atoms with Gasteiger partial charge in [-0.25, -0.2) is 8.78 Å². The van der Waals surface area contributed by atoms with Gasteiger partial charge in [-0.15, -0.1) is 0 Å². The largest absolute Gasteiger partial charge is 0.338 e. The molecule has 0 radical (unpaired) electrons. The van der Waals surface area contributed by atoms with Crippen LogP contribution in [0.1, 0.15) is 58.2 Å². The molecule has 1 unspecified atom stereocenters. The zero-order valence-electron chi connectivity index (χ0n) is 22.5. The lowest BCUT2D eigenvalue weighted by atomic mass is 9.87. The molecule has 3 rings (SSSR count). The number of halogens is 3. The smallest absolute Gasteiger partial charge is 0.253 e. The first-order chi connectivity index (χ1) is 15.8. The van der Waals surface area contributed by atoms with Gasteiger partial charge in [0.2, 0.25) is 0 Å². The van der Waals surface area contributed by atoms with Crippen molar-refractivity contribution in [1.29, 1.82) is 0 Å². The average molecular weight is 401 g/mol. The summed E-state index contributed by atoms with van der Waals surface area (Å²) in [7, 11) is 0. The lowest BCUT2D eigenvalue weighted by Crippen LogP contribution is -2.44. The Hall–Kier alpha value is -2.01. The third kappa shape index (κ3) is 5.04. The van der Waals surface area contributed by atoms with Gasteiger partial charge in [0.15, 0.2) is 0 Å². The van der Waals surface area contributed by atoms with E-state index < -0.39 is 67.4 Å². The van der Waals surface area contributed by atoms with E-state index in [1.165, 1.54) is 12.3 Å². The number of nitrogens with zero attached hydrogens (tertiary/aromatic N) is 2. The predicted octanol–water partition coefficient (Wildman–Crippen LogP) is 5.15. The maximum Gasteiger partial charge on any atom is 0.253 e. The van der Waals surface area contributed by atoms with Crippen LogP contribution in [0.5, 0.6) is 0 Å². The van der Waals surface area contributed by atoms with E-state index in [2.05, 4.69) is 4.98 Å². The second-order valence-electron chi connectivity index (χ2n) is 6.08. The van der Waals surface area contributed by atoms with Gasteiger partial charge in [-0.2, -0.15) is 0 Å². The second kappa shape index (κ2) is 8.34. The lowest BCUT2D eigenvalue weighted by Gasteiger charge is -2.36. The minimum Gasteiger partial charge on any atom is -0.338 e. The number of likely N-dealkylation sites (tertiary alicyclic amines) is 1. The number of aromatic nitrogens is 1. The van der Waals surface area contributed by atoms with E-state index in [4.69, 9.17) is 22.6 Å². The van der Waals surface area contributed by atoms with E-state index in [0.717, 1.165) is 23.8 Å². The summed E-state index contributed by atoms with van der Waals surface area (Å²) in [6, 6.07) is 5.70. The van der Waals surface area contributed by atoms with Crippen molar-refractivity contribution in [2.75, 3.05) is 13.0 Å². The Bertz CT molecular complexity index is 1130. The van der Waals surface area contributed by atoms with Crippen molar-refractivity contribution in [3.8, 4) is 0 Å². The number of aryl methyl sites for hydroxylation is 2. The standard InChI is InChI=1S/C21H23ClF2N2O/c1-15-4-6-17(25-14-15)3-2-8-21(24)9-11-26(12-10-21)20(27)16-5-7-19(23)18(22)13-16/h4-7,13-14H,2-3,8-12H2,1H3/i3D2,8D2,9D2,12D2. The summed E-state index contributed by atoms with van der Waals surface area (Å²) < 4.78 is 96.1. The molecular formula is C21H23ClF2N2O. The summed E-state index contributed by atoms with van der Waals surface area (Å²) in [5, 5.41) is -0.417. The third-order valence-electron chi connectivity index (χ3n) is 3.99. The Labute approximate surface area is 174 Å². The quantitative estimate of drug-likeness (QED) is 0.695. The molecule has 1 aromatic heterocycles. The van der Waals surface area contributed by atoms with Gasteiger partial charge < -0.3 is 4.90 Å². The van der Waals surface area contributed by atoms with Crippen LogP contribution in [-0.2, 0) is 6.37 Å². The molecule has 0 N–H and O–H groups in total. The molecule has 1 aromatic carbocycles. The molecule has 2 aromatic rings. The first kappa shape index (κ1) is 11.7. The van der Waals surface area contributed by atoms with Gasteiger partial charge in [-0.05, 0) is 68.7 Å². The molecule has 3 nitrogen and oxygen atoms in total. The normalized spacial score (nSPS) is 29.1. The molecule has 1 saturated heterocycles. The first-order valence-corrected chi connectivity index (χ1v) is 8.60. The summed E-state index contributed by atoms with van der Waals surface area (Å²) in [4.78, 5) is 17.3. The van der Waals surface area contributed by atoms with Crippen molar-refractivity contribution in [3.63, 3.8) is 0 Å². The fraction of sp³-hybridized carbons (Fsp3) is 0.429. The van der Waals surface area contributed by atoms with E-state index in [9.17, 15) is 9.18 Å². The molecule has 1 atom stereocenters. The van der Waals surface area contributed by atoms with Gasteiger partial charge in [-0.1, -0.05) is 17.7 Å². The number of hydrogen-bond donors (Lipinski definition) is 0. The van der Waals surface area contributed by atoms with Crippen LogP contribution < -0.4 is 0 Å². The zero-order valence-corrected chi connectivity index (χ0v) is 15.3. The molecule has 6 heteroatoms. The van der Waals surface area contributed by atoms with E-state index in [1.807, 2.05) is 0 Å². The molecule has 1 fully saturated rings. The van der Waals surface area contributed by atoms with Crippen molar-refractivity contribution in [2.24, 2.45) is 0 Å². The summed E-state index contributed by atoms with van der Waals surface area (Å²) >= 11 is 5.69. The first-order valence-electron chi connectivity index (χ1n) is 12.2. The Morgan fingerprint density at radius 2 is 2.26 bits per heavy atom. The fourth-order valence-corrected chi connectivity index (χ4v) is 2.61. The van der Waals surface area contributed by atoms with Gasteiger partial charge in [0.25, 0.3) is 5.91 Å². The number of carbonyl (C=O) groups excluding carboxylic acids is 1. The van der Waals surface area contributed by atoms with Gasteiger partial charge >= 0.3 is 0 Å². The number of amides is 1. The van der Waals surface area contributed by atoms with Gasteiger partial charge in [0, 0.05) is 41.5 Å². The van der Waals surface area contributed by atoms with Crippen LogP contribution in [0, 0.1) is 12.7 Å². The molecule has 1 aliphatic rings. The molecule has 2 heterocycles. The number of carbonyl (C=O) groups is 1. The number of alkyl halides is 1. The highest BCUT2D eigenvalue weighted by molar-refractivity contribution is 6.31. The van der Waals surface area contributed by atoms with Crippen LogP contribution in [-0.4, -0.2) is 34.5 Å². The van der Waals surface area contributed by atoms with Crippen LogP contribution >= 0.6 is 11.6 Å². The van der Waals surface area contributed by atoms with Gasteiger partial charge in [0.1, 0.15) is 11.5 Å². The van der Waals surface area contributed by atoms with Crippen LogP contribution in [0.2, 0.25) is 5.02 Å². The topological polar surface area (TPSA) is 33.2 Å². The minimum absolute atomic E-state index is 0.181. The maximum atomic E-state index is 16.3. The van der Waals surface area contributed by atoms with Crippen LogP contribution in [0.25, 0.3) is 0 Å². The Morgan fingerprint density at radius 1 is 1.44 bits per heavy atom. The summed E-state index contributed by atoms with van der Waals surface area (Å²) in [6.45, 7) is -2.32. The molecule has 0 aliphatic carbocycles. The van der Waals surface area contributed by atoms with Crippen LogP contribution in [0.4, 0.5) is 8.78 Å². The summed E-state index contributed by atoms with van der Waals surface area (Å²) in [6.07, 6.45) is -10.0. The number of piperidine rings is 1. The highest BCUT2D eigenvalue weighted by Crippen LogP contribution is 2.32. The van der Waals surface area contributed by atoms with Crippen molar-refractivity contribution < 1.29 is 24.5 Å². The molecule has 1 aliphatic heterocycles. The maximum absolute atomic E-state index is 16.3. The monoisotopic (exact) mass is 400 g/mol. The highest BCUT2D eigenvalue weighted by atomic mass is 35.5. The molecule has 1 amide bonds. The minimum atomic E-state index is -3.52. The van der Waals surface area contributed by atoms with Crippen molar-refractivity contribution >= 4 is 17.5 Å². The van der Waals surface area contributed by atoms with E-state index in [1.54, 1.807) is 13.0 Å². The highest BCUT2D eigenvalue weighted by Gasteiger charge is 2.35. The van der Waals surface area contributed by atoms with Crippen LogP contribution in [0.3, 0.4) is 0 Å². The molecule has 27 heavy (non-hydrogen) atoms. The zero-order chi connectivity index (χ0) is 26.6. The predicted molar refractivity (Wildman–Crippen MR) is 102 cm³/mol. The van der Waals surface area contributed by atoms with Crippen molar-refractivity contribution in [3.05, 3.63) is 64.2 Å². The van der Waals surface area contributed by atoms with Crippen molar-refractivity contribution in [2.45, 2.75) is 44.6 Å².